The van der Waals surface area contributed by atoms with Crippen LogP contribution in [0.3, 0.4) is 0 Å². The maximum atomic E-state index is 4.35. The van der Waals surface area contributed by atoms with Crippen LogP contribution < -0.4 is 5.32 Å². The fraction of sp³-hybridized carbons (Fsp3) is 0.471. The van der Waals surface area contributed by atoms with Gasteiger partial charge in [0.15, 0.2) is 0 Å². The lowest BCUT2D eigenvalue weighted by Crippen LogP contribution is -2.01. The summed E-state index contributed by atoms with van der Waals surface area (Å²) in [6.07, 6.45) is 5.22. The first-order chi connectivity index (χ1) is 9.60. The molecule has 0 aliphatic carbocycles. The molecule has 20 heavy (non-hydrogen) atoms. The average Bonchev–Trinajstić information content (AvgIpc) is 2.94. The second-order valence-corrected chi connectivity index (χ2v) is 5.71. The summed E-state index contributed by atoms with van der Waals surface area (Å²) >= 11 is 0. The van der Waals surface area contributed by atoms with Crippen LogP contribution in [0.25, 0.3) is 0 Å². The van der Waals surface area contributed by atoms with Crippen molar-refractivity contribution in [3.63, 3.8) is 0 Å². The molecule has 2 rings (SSSR count). The zero-order chi connectivity index (χ0) is 14.5. The van der Waals surface area contributed by atoms with Gasteiger partial charge in [-0.3, -0.25) is 4.68 Å². The van der Waals surface area contributed by atoms with Gasteiger partial charge in [0, 0.05) is 30.0 Å². The van der Waals surface area contributed by atoms with E-state index in [1.54, 1.807) is 0 Å². The molecule has 1 N–H and O–H groups in total. The smallest absolute Gasteiger partial charge is 0.0539 e. The van der Waals surface area contributed by atoms with Gasteiger partial charge in [-0.2, -0.15) is 5.10 Å². The Morgan fingerprint density at radius 2 is 1.85 bits per heavy atom. The molecule has 0 fully saturated rings. The SMILES string of the molecule is CCC(C)c1ccc(NCc2cnn(C(C)C)c2)cc1. The monoisotopic (exact) mass is 271 g/mol. The van der Waals surface area contributed by atoms with Gasteiger partial charge in [-0.25, -0.2) is 0 Å². The van der Waals surface area contributed by atoms with Crippen LogP contribution in [0.5, 0.6) is 0 Å². The highest BCUT2D eigenvalue weighted by Crippen LogP contribution is 2.20. The predicted octanol–water partition coefficient (Wildman–Crippen LogP) is 4.59. The summed E-state index contributed by atoms with van der Waals surface area (Å²) in [5.74, 6) is 0.633. The number of hydrogen-bond donors (Lipinski definition) is 1. The van der Waals surface area contributed by atoms with Crippen molar-refractivity contribution in [1.82, 2.24) is 9.78 Å². The molecule has 3 nitrogen and oxygen atoms in total. The van der Waals surface area contributed by atoms with E-state index < -0.39 is 0 Å². The van der Waals surface area contributed by atoms with Gasteiger partial charge in [-0.15, -0.1) is 0 Å². The molecule has 0 saturated carbocycles. The molecule has 0 aliphatic heterocycles. The maximum Gasteiger partial charge on any atom is 0.0539 e. The first kappa shape index (κ1) is 14.6. The number of hydrogen-bond acceptors (Lipinski definition) is 2. The van der Waals surface area contributed by atoms with E-state index in [-0.39, 0.29) is 0 Å². The Morgan fingerprint density at radius 3 is 2.40 bits per heavy atom. The van der Waals surface area contributed by atoms with Gasteiger partial charge in [0.2, 0.25) is 0 Å². The largest absolute Gasteiger partial charge is 0.381 e. The van der Waals surface area contributed by atoms with Gasteiger partial charge < -0.3 is 5.32 Å². The zero-order valence-corrected chi connectivity index (χ0v) is 12.9. The van der Waals surface area contributed by atoms with Crippen molar-refractivity contribution < 1.29 is 0 Å². The van der Waals surface area contributed by atoms with E-state index in [4.69, 9.17) is 0 Å². The molecule has 1 heterocycles. The highest BCUT2D eigenvalue weighted by molar-refractivity contribution is 5.45. The van der Waals surface area contributed by atoms with Crippen LogP contribution in [0.4, 0.5) is 5.69 Å². The number of nitrogens with one attached hydrogen (secondary N) is 1. The van der Waals surface area contributed by atoms with Crippen LogP contribution in [-0.2, 0) is 6.54 Å². The molecule has 108 valence electrons. The highest BCUT2D eigenvalue weighted by Gasteiger charge is 2.03. The minimum Gasteiger partial charge on any atom is -0.381 e. The molecule has 3 heteroatoms. The summed E-state index contributed by atoms with van der Waals surface area (Å²) in [6.45, 7) is 9.58. The van der Waals surface area contributed by atoms with Crippen LogP contribution in [0.15, 0.2) is 36.7 Å². The molecule has 0 bridgehead atoms. The Labute approximate surface area is 122 Å². The number of aromatic nitrogens is 2. The predicted molar refractivity (Wildman–Crippen MR) is 85.1 cm³/mol. The standard InChI is InChI=1S/C17H25N3/c1-5-14(4)16-6-8-17(9-7-16)18-10-15-11-19-20(12-15)13(2)3/h6-9,11-14,18H,5,10H2,1-4H3. The van der Waals surface area contributed by atoms with E-state index >= 15 is 0 Å². The van der Waals surface area contributed by atoms with Crippen LogP contribution in [0, 0.1) is 0 Å². The van der Waals surface area contributed by atoms with Crippen LogP contribution >= 0.6 is 0 Å². The molecule has 1 aromatic heterocycles. The van der Waals surface area contributed by atoms with Crippen molar-refractivity contribution in [3.8, 4) is 0 Å². The van der Waals surface area contributed by atoms with Crippen molar-refractivity contribution in [2.75, 3.05) is 5.32 Å². The van der Waals surface area contributed by atoms with Crippen molar-refractivity contribution >= 4 is 5.69 Å². The Balaban J connectivity index is 1.93. The molecule has 0 aliphatic rings. The summed E-state index contributed by atoms with van der Waals surface area (Å²) in [5.41, 5.74) is 3.78. The van der Waals surface area contributed by atoms with Gasteiger partial charge in [0.05, 0.1) is 6.20 Å². The van der Waals surface area contributed by atoms with Gasteiger partial charge in [-0.05, 0) is 43.9 Å². The quantitative estimate of drug-likeness (QED) is 0.832. The molecule has 0 amide bonds. The average molecular weight is 271 g/mol. The van der Waals surface area contributed by atoms with E-state index in [0.717, 1.165) is 12.2 Å². The second kappa shape index (κ2) is 6.60. The van der Waals surface area contributed by atoms with E-state index in [1.807, 2.05) is 10.9 Å². The molecule has 0 spiro atoms. The molecule has 2 aromatic rings. The summed E-state index contributed by atoms with van der Waals surface area (Å²) in [4.78, 5) is 0. The minimum absolute atomic E-state index is 0.415. The summed E-state index contributed by atoms with van der Waals surface area (Å²) < 4.78 is 1.99. The topological polar surface area (TPSA) is 29.9 Å². The number of rotatable bonds is 6. The molecule has 1 unspecified atom stereocenters. The summed E-state index contributed by atoms with van der Waals surface area (Å²) in [5, 5.41) is 7.80. The summed E-state index contributed by atoms with van der Waals surface area (Å²) in [7, 11) is 0. The Bertz CT molecular complexity index is 525. The lowest BCUT2D eigenvalue weighted by molar-refractivity contribution is 0.532. The van der Waals surface area contributed by atoms with Crippen molar-refractivity contribution in [3.05, 3.63) is 47.8 Å². The lowest BCUT2D eigenvalue weighted by atomic mass is 9.99. The number of nitrogens with zero attached hydrogens (tertiary/aromatic N) is 2. The van der Waals surface area contributed by atoms with E-state index in [2.05, 4.69) is 68.6 Å². The lowest BCUT2D eigenvalue weighted by Gasteiger charge is -2.10. The molecular formula is C17H25N3. The highest BCUT2D eigenvalue weighted by atomic mass is 15.3. The molecule has 0 saturated heterocycles. The Morgan fingerprint density at radius 1 is 1.15 bits per heavy atom. The second-order valence-electron chi connectivity index (χ2n) is 5.71. The van der Waals surface area contributed by atoms with Crippen LogP contribution in [0.1, 0.15) is 57.2 Å². The normalized spacial score (nSPS) is 12.7. The molecule has 0 radical (unpaired) electrons. The zero-order valence-electron chi connectivity index (χ0n) is 12.9. The third-order valence-electron chi connectivity index (χ3n) is 3.77. The van der Waals surface area contributed by atoms with Crippen molar-refractivity contribution in [2.45, 2.75) is 52.6 Å². The maximum absolute atomic E-state index is 4.35. The van der Waals surface area contributed by atoms with Crippen LogP contribution in [0.2, 0.25) is 0 Å². The van der Waals surface area contributed by atoms with E-state index in [1.165, 1.54) is 17.5 Å². The van der Waals surface area contributed by atoms with Crippen LogP contribution in [-0.4, -0.2) is 9.78 Å². The van der Waals surface area contributed by atoms with E-state index in [0.29, 0.717) is 12.0 Å². The summed E-state index contributed by atoms with van der Waals surface area (Å²) in [6, 6.07) is 9.17. The third-order valence-corrected chi connectivity index (χ3v) is 3.77. The molecule has 1 atom stereocenters. The van der Waals surface area contributed by atoms with Gasteiger partial charge >= 0.3 is 0 Å². The first-order valence-electron chi connectivity index (χ1n) is 7.47. The third kappa shape index (κ3) is 3.62. The minimum atomic E-state index is 0.415. The fourth-order valence-electron chi connectivity index (χ4n) is 2.12. The molecule has 1 aromatic carbocycles. The van der Waals surface area contributed by atoms with Gasteiger partial charge in [-0.1, -0.05) is 26.0 Å². The molecular weight excluding hydrogens is 246 g/mol. The van der Waals surface area contributed by atoms with Gasteiger partial charge in [0.1, 0.15) is 0 Å². The Hall–Kier alpha value is -1.77. The fourth-order valence-corrected chi connectivity index (χ4v) is 2.12. The van der Waals surface area contributed by atoms with Gasteiger partial charge in [0.25, 0.3) is 0 Å². The van der Waals surface area contributed by atoms with Crippen molar-refractivity contribution in [2.24, 2.45) is 0 Å². The Kier molecular flexibility index (Phi) is 4.83. The van der Waals surface area contributed by atoms with Crippen molar-refractivity contribution in [1.29, 1.82) is 0 Å². The number of anilines is 1. The first-order valence-corrected chi connectivity index (χ1v) is 7.47. The number of benzene rings is 1. The van der Waals surface area contributed by atoms with E-state index in [9.17, 15) is 0 Å².